The summed E-state index contributed by atoms with van der Waals surface area (Å²) < 4.78 is 40.7. The Morgan fingerprint density at radius 2 is 1.92 bits per heavy atom. The van der Waals surface area contributed by atoms with Gasteiger partial charge in [-0.15, -0.1) is 0 Å². The number of nitrogens with one attached hydrogen (secondary N) is 1. The lowest BCUT2D eigenvalue weighted by atomic mass is 10.2. The van der Waals surface area contributed by atoms with E-state index < -0.39 is 22.0 Å². The number of methoxy groups -OCH3 is 1. The number of hydrogen-bond donors (Lipinski definition) is 1. The Morgan fingerprint density at radius 3 is 2.56 bits per heavy atom. The molecular weight excluding hydrogens is 350 g/mol. The first-order chi connectivity index (χ1) is 11.8. The standard InChI is InChI=1S/C16H17NO7S/c1-10-14(16(19)22-3)8-12(24-10)9-23-15(18)11-5-4-6-13(7-11)25(20,21)17-2/h4-8,17H,9H2,1-3H3. The van der Waals surface area contributed by atoms with E-state index in [1.54, 1.807) is 6.92 Å². The normalized spacial score (nSPS) is 11.2. The van der Waals surface area contributed by atoms with Crippen LogP contribution in [0.4, 0.5) is 0 Å². The maximum atomic E-state index is 12.1. The quantitative estimate of drug-likeness (QED) is 0.772. The highest BCUT2D eigenvalue weighted by Gasteiger charge is 2.18. The highest BCUT2D eigenvalue weighted by Crippen LogP contribution is 2.18. The van der Waals surface area contributed by atoms with Gasteiger partial charge in [0.05, 0.1) is 17.6 Å². The van der Waals surface area contributed by atoms with Gasteiger partial charge in [-0.05, 0) is 38.2 Å². The number of rotatable bonds is 6. The molecule has 0 atom stereocenters. The molecule has 0 amide bonds. The van der Waals surface area contributed by atoms with Gasteiger partial charge in [0, 0.05) is 0 Å². The summed E-state index contributed by atoms with van der Waals surface area (Å²) in [4.78, 5) is 23.6. The average molecular weight is 367 g/mol. The molecule has 8 nitrogen and oxygen atoms in total. The first-order valence-electron chi connectivity index (χ1n) is 7.17. The molecule has 134 valence electrons. The Kier molecular flexibility index (Phi) is 5.60. The SMILES string of the molecule is CNS(=O)(=O)c1cccc(C(=O)OCc2cc(C(=O)OC)c(C)o2)c1. The lowest BCUT2D eigenvalue weighted by molar-refractivity contribution is 0.0443. The summed E-state index contributed by atoms with van der Waals surface area (Å²) in [5.74, 6) is -0.657. The molecule has 0 saturated heterocycles. The second-order valence-corrected chi connectivity index (χ2v) is 6.87. The molecular formula is C16H17NO7S. The number of carbonyl (C=O) groups is 2. The zero-order chi connectivity index (χ0) is 18.6. The predicted molar refractivity (Wildman–Crippen MR) is 86.6 cm³/mol. The minimum Gasteiger partial charge on any atom is -0.465 e. The van der Waals surface area contributed by atoms with E-state index in [2.05, 4.69) is 9.46 Å². The molecule has 0 bridgehead atoms. The summed E-state index contributed by atoms with van der Waals surface area (Å²) in [7, 11) is -1.14. The van der Waals surface area contributed by atoms with Gasteiger partial charge in [-0.1, -0.05) is 6.07 Å². The number of hydrogen-bond acceptors (Lipinski definition) is 7. The molecule has 0 unspecified atom stereocenters. The topological polar surface area (TPSA) is 112 Å². The molecule has 25 heavy (non-hydrogen) atoms. The Morgan fingerprint density at radius 1 is 1.20 bits per heavy atom. The largest absolute Gasteiger partial charge is 0.465 e. The van der Waals surface area contributed by atoms with Crippen LogP contribution in [0.3, 0.4) is 0 Å². The maximum absolute atomic E-state index is 12.1. The summed E-state index contributed by atoms with van der Waals surface area (Å²) in [5, 5.41) is 0. The summed E-state index contributed by atoms with van der Waals surface area (Å²) in [5.41, 5.74) is 0.323. The van der Waals surface area contributed by atoms with Gasteiger partial charge in [-0.25, -0.2) is 22.7 Å². The number of esters is 2. The average Bonchev–Trinajstić information content (AvgIpc) is 2.99. The van der Waals surface area contributed by atoms with Crippen molar-refractivity contribution in [3.05, 3.63) is 53.0 Å². The van der Waals surface area contributed by atoms with Crippen molar-refractivity contribution in [2.45, 2.75) is 18.4 Å². The van der Waals surface area contributed by atoms with Crippen LogP contribution in [-0.4, -0.2) is 34.5 Å². The number of aryl methyl sites for hydroxylation is 1. The van der Waals surface area contributed by atoms with E-state index in [1.807, 2.05) is 0 Å². The molecule has 9 heteroatoms. The summed E-state index contributed by atoms with van der Waals surface area (Å²) >= 11 is 0. The van der Waals surface area contributed by atoms with Crippen LogP contribution in [0.1, 0.15) is 32.2 Å². The lowest BCUT2D eigenvalue weighted by Gasteiger charge is -2.06. The van der Waals surface area contributed by atoms with Crippen LogP contribution in [0.5, 0.6) is 0 Å². The Balaban J connectivity index is 2.11. The number of furan rings is 1. The van der Waals surface area contributed by atoms with Crippen LogP contribution < -0.4 is 4.72 Å². The molecule has 0 fully saturated rings. The Bertz CT molecular complexity index is 899. The molecule has 2 rings (SSSR count). The zero-order valence-electron chi connectivity index (χ0n) is 13.9. The molecule has 0 spiro atoms. The third-order valence-corrected chi connectivity index (χ3v) is 4.78. The van der Waals surface area contributed by atoms with Crippen LogP contribution in [0.15, 0.2) is 39.6 Å². The predicted octanol–water partition coefficient (Wildman–Crippen LogP) is 1.64. The van der Waals surface area contributed by atoms with Gasteiger partial charge < -0.3 is 13.9 Å². The van der Waals surface area contributed by atoms with Crippen LogP contribution in [-0.2, 0) is 26.1 Å². The second kappa shape index (κ2) is 7.49. The smallest absolute Gasteiger partial charge is 0.341 e. The van der Waals surface area contributed by atoms with E-state index in [0.717, 1.165) is 0 Å². The third kappa shape index (κ3) is 4.25. The highest BCUT2D eigenvalue weighted by molar-refractivity contribution is 7.89. The Hall–Kier alpha value is -2.65. The van der Waals surface area contributed by atoms with Crippen molar-refractivity contribution in [1.82, 2.24) is 4.72 Å². The molecule has 0 aliphatic rings. The number of ether oxygens (including phenoxy) is 2. The van der Waals surface area contributed by atoms with Crippen molar-refractivity contribution in [1.29, 1.82) is 0 Å². The van der Waals surface area contributed by atoms with E-state index in [9.17, 15) is 18.0 Å². The van der Waals surface area contributed by atoms with Gasteiger partial charge in [0.1, 0.15) is 23.7 Å². The van der Waals surface area contributed by atoms with Crippen LogP contribution in [0, 0.1) is 6.92 Å². The summed E-state index contributed by atoms with van der Waals surface area (Å²) in [6.07, 6.45) is 0. The van der Waals surface area contributed by atoms with Gasteiger partial charge in [-0.2, -0.15) is 0 Å². The molecule has 0 radical (unpaired) electrons. The molecule has 0 aliphatic heterocycles. The molecule has 2 aromatic rings. The summed E-state index contributed by atoms with van der Waals surface area (Å²) in [6.45, 7) is 1.38. The molecule has 1 aromatic heterocycles. The van der Waals surface area contributed by atoms with Gasteiger partial charge in [0.2, 0.25) is 10.0 Å². The minimum atomic E-state index is -3.66. The first-order valence-corrected chi connectivity index (χ1v) is 8.65. The van der Waals surface area contributed by atoms with Crippen LogP contribution >= 0.6 is 0 Å². The molecule has 1 N–H and O–H groups in total. The fourth-order valence-corrected chi connectivity index (χ4v) is 2.83. The van der Waals surface area contributed by atoms with Gasteiger partial charge in [-0.3, -0.25) is 0 Å². The monoisotopic (exact) mass is 367 g/mol. The van der Waals surface area contributed by atoms with Crippen molar-refractivity contribution in [2.75, 3.05) is 14.2 Å². The van der Waals surface area contributed by atoms with Crippen molar-refractivity contribution in [2.24, 2.45) is 0 Å². The second-order valence-electron chi connectivity index (χ2n) is 4.99. The lowest BCUT2D eigenvalue weighted by Crippen LogP contribution is -2.19. The third-order valence-electron chi connectivity index (χ3n) is 3.37. The van der Waals surface area contributed by atoms with Crippen molar-refractivity contribution in [3.8, 4) is 0 Å². The van der Waals surface area contributed by atoms with Gasteiger partial charge >= 0.3 is 11.9 Å². The van der Waals surface area contributed by atoms with Crippen molar-refractivity contribution < 1.29 is 31.9 Å². The fraction of sp³-hybridized carbons (Fsp3) is 0.250. The fourth-order valence-electron chi connectivity index (χ4n) is 2.06. The van der Waals surface area contributed by atoms with E-state index in [0.29, 0.717) is 5.76 Å². The minimum absolute atomic E-state index is 0.0497. The first kappa shape index (κ1) is 18.7. The zero-order valence-corrected chi connectivity index (χ0v) is 14.7. The number of sulfonamides is 1. The van der Waals surface area contributed by atoms with Crippen molar-refractivity contribution in [3.63, 3.8) is 0 Å². The molecule has 0 aliphatic carbocycles. The Labute approximate surface area is 144 Å². The number of carbonyl (C=O) groups excluding carboxylic acids is 2. The molecule has 0 saturated carbocycles. The van der Waals surface area contributed by atoms with Crippen molar-refractivity contribution >= 4 is 22.0 Å². The van der Waals surface area contributed by atoms with E-state index in [1.165, 1.54) is 44.5 Å². The summed E-state index contributed by atoms with van der Waals surface area (Å²) in [6, 6.07) is 6.87. The molecule has 1 heterocycles. The maximum Gasteiger partial charge on any atom is 0.341 e. The number of benzene rings is 1. The van der Waals surface area contributed by atoms with E-state index >= 15 is 0 Å². The van der Waals surface area contributed by atoms with E-state index in [4.69, 9.17) is 9.15 Å². The van der Waals surface area contributed by atoms with Gasteiger partial charge in [0.25, 0.3) is 0 Å². The highest BCUT2D eigenvalue weighted by atomic mass is 32.2. The van der Waals surface area contributed by atoms with Crippen LogP contribution in [0.2, 0.25) is 0 Å². The van der Waals surface area contributed by atoms with Crippen LogP contribution in [0.25, 0.3) is 0 Å². The van der Waals surface area contributed by atoms with E-state index in [-0.39, 0.29) is 28.4 Å². The molecule has 1 aromatic carbocycles. The van der Waals surface area contributed by atoms with Gasteiger partial charge in [0.15, 0.2) is 0 Å².